The molecule has 1 N–H and O–H groups in total. The lowest BCUT2D eigenvalue weighted by Gasteiger charge is -2.34. The molecule has 0 aliphatic carbocycles. The number of nitrogens with zero attached hydrogens (tertiary/aromatic N) is 2. The van der Waals surface area contributed by atoms with Gasteiger partial charge in [0.2, 0.25) is 5.91 Å². The van der Waals surface area contributed by atoms with Crippen molar-refractivity contribution in [3.8, 4) is 0 Å². The molecule has 0 radical (unpaired) electrons. The molecule has 3 aliphatic heterocycles. The molecule has 4 atom stereocenters. The summed E-state index contributed by atoms with van der Waals surface area (Å²) in [5.41, 5.74) is 3.35. The van der Waals surface area contributed by atoms with Crippen LogP contribution in [0.25, 0.3) is 11.0 Å². The van der Waals surface area contributed by atoms with Gasteiger partial charge in [-0.2, -0.15) is 0 Å². The smallest absolute Gasteiger partial charge is 0.228 e. The number of aromatic amines is 1. The van der Waals surface area contributed by atoms with E-state index in [1.807, 2.05) is 0 Å². The van der Waals surface area contributed by atoms with Gasteiger partial charge >= 0.3 is 0 Å². The van der Waals surface area contributed by atoms with Crippen molar-refractivity contribution in [3.05, 3.63) is 29.6 Å². The number of rotatable bonds is 2. The molecule has 1 aromatic heterocycles. The molecule has 4 unspecified atom stereocenters. The second-order valence-electron chi connectivity index (χ2n) is 7.98. The normalized spacial score (nSPS) is 31.8. The van der Waals surface area contributed by atoms with E-state index in [2.05, 4.69) is 35.0 Å². The molecule has 5 nitrogen and oxygen atoms in total. The summed E-state index contributed by atoms with van der Waals surface area (Å²) in [6, 6.07) is 6.31. The molecular weight excluding hydrogens is 314 g/mol. The average Bonchev–Trinajstić information content (AvgIpc) is 3.35. The maximum atomic E-state index is 13.0. The Balaban J connectivity index is 1.34. The van der Waals surface area contributed by atoms with Crippen molar-refractivity contribution in [2.45, 2.75) is 57.2 Å². The molecule has 0 spiro atoms. The van der Waals surface area contributed by atoms with E-state index < -0.39 is 0 Å². The summed E-state index contributed by atoms with van der Waals surface area (Å²) in [6.45, 7) is 3.76. The minimum Gasteiger partial charge on any atom is -0.374 e. The highest BCUT2D eigenvalue weighted by atomic mass is 16.5. The van der Waals surface area contributed by atoms with Crippen molar-refractivity contribution in [3.63, 3.8) is 0 Å². The molecule has 4 heterocycles. The van der Waals surface area contributed by atoms with Gasteiger partial charge in [-0.15, -0.1) is 0 Å². The Kier molecular flexibility index (Phi) is 3.59. The molecule has 1 aromatic carbocycles. The van der Waals surface area contributed by atoms with Crippen LogP contribution in [0.15, 0.2) is 18.2 Å². The van der Waals surface area contributed by atoms with Crippen LogP contribution in [-0.4, -0.2) is 46.1 Å². The van der Waals surface area contributed by atoms with E-state index in [-0.39, 0.29) is 12.0 Å². The summed E-state index contributed by atoms with van der Waals surface area (Å²) < 4.78 is 5.89. The van der Waals surface area contributed by atoms with Gasteiger partial charge < -0.3 is 14.6 Å². The molecule has 25 heavy (non-hydrogen) atoms. The van der Waals surface area contributed by atoms with E-state index in [1.54, 1.807) is 0 Å². The van der Waals surface area contributed by atoms with Crippen molar-refractivity contribution < 1.29 is 9.53 Å². The number of imidazole rings is 1. The van der Waals surface area contributed by atoms with E-state index in [0.717, 1.165) is 62.1 Å². The fourth-order valence-electron chi connectivity index (χ4n) is 4.87. The number of amides is 1. The summed E-state index contributed by atoms with van der Waals surface area (Å²) in [4.78, 5) is 23.3. The number of likely N-dealkylation sites (tertiary alicyclic amines) is 1. The topological polar surface area (TPSA) is 58.2 Å². The zero-order valence-electron chi connectivity index (χ0n) is 14.7. The Bertz CT molecular complexity index is 814. The van der Waals surface area contributed by atoms with E-state index in [9.17, 15) is 4.79 Å². The predicted molar refractivity (Wildman–Crippen MR) is 95.4 cm³/mol. The fourth-order valence-corrected chi connectivity index (χ4v) is 4.87. The molecule has 5 rings (SSSR count). The van der Waals surface area contributed by atoms with Crippen LogP contribution in [0.1, 0.15) is 49.4 Å². The Morgan fingerprint density at radius 3 is 3.04 bits per heavy atom. The van der Waals surface area contributed by atoms with Crippen molar-refractivity contribution >= 4 is 16.9 Å². The summed E-state index contributed by atoms with van der Waals surface area (Å²) in [5, 5.41) is 0. The largest absolute Gasteiger partial charge is 0.374 e. The SMILES string of the molecule is Cc1ccc2nc(C3CCCN(C(=O)C4CC5CCC4O5)C3)[nH]c2c1. The number of carbonyl (C=O) groups is 1. The maximum Gasteiger partial charge on any atom is 0.228 e. The van der Waals surface area contributed by atoms with E-state index >= 15 is 0 Å². The molecule has 5 heteroatoms. The molecule has 3 fully saturated rings. The first kappa shape index (κ1) is 15.4. The minimum atomic E-state index is 0.0934. The number of piperidine rings is 1. The third-order valence-corrected chi connectivity index (χ3v) is 6.20. The number of fused-ring (bicyclic) bond motifs is 3. The van der Waals surface area contributed by atoms with E-state index in [4.69, 9.17) is 9.72 Å². The summed E-state index contributed by atoms with van der Waals surface area (Å²) in [7, 11) is 0. The van der Waals surface area contributed by atoms with Gasteiger partial charge in [-0.3, -0.25) is 4.79 Å². The Morgan fingerprint density at radius 1 is 1.32 bits per heavy atom. The van der Waals surface area contributed by atoms with Gasteiger partial charge in [0.15, 0.2) is 0 Å². The number of hydrogen-bond acceptors (Lipinski definition) is 3. The number of ether oxygens (including phenoxy) is 1. The van der Waals surface area contributed by atoms with Crippen molar-refractivity contribution in [1.82, 2.24) is 14.9 Å². The maximum absolute atomic E-state index is 13.0. The first-order valence-corrected chi connectivity index (χ1v) is 9.58. The van der Waals surface area contributed by atoms with Gasteiger partial charge in [-0.25, -0.2) is 4.98 Å². The van der Waals surface area contributed by atoms with E-state index in [1.165, 1.54) is 5.56 Å². The first-order chi connectivity index (χ1) is 12.2. The lowest BCUT2D eigenvalue weighted by Crippen LogP contribution is -2.44. The van der Waals surface area contributed by atoms with Crippen LogP contribution < -0.4 is 0 Å². The zero-order chi connectivity index (χ0) is 17.0. The van der Waals surface area contributed by atoms with Crippen LogP contribution in [-0.2, 0) is 9.53 Å². The molecule has 3 saturated heterocycles. The number of H-pyrrole nitrogens is 1. The zero-order valence-corrected chi connectivity index (χ0v) is 14.7. The fraction of sp³-hybridized carbons (Fsp3) is 0.600. The standard InChI is InChI=1S/C20H25N3O2/c1-12-4-6-16-17(9-12)22-19(21-16)13-3-2-8-23(11-13)20(24)15-10-14-5-7-18(15)25-14/h4,6,9,13-15,18H,2-3,5,7-8,10-11H2,1H3,(H,21,22). The highest BCUT2D eigenvalue weighted by Crippen LogP contribution is 2.40. The monoisotopic (exact) mass is 339 g/mol. The van der Waals surface area contributed by atoms with Crippen molar-refractivity contribution in [2.24, 2.45) is 5.92 Å². The van der Waals surface area contributed by atoms with Crippen LogP contribution in [0.2, 0.25) is 0 Å². The number of hydrogen-bond donors (Lipinski definition) is 1. The van der Waals surface area contributed by atoms with Crippen LogP contribution in [0.3, 0.4) is 0 Å². The third kappa shape index (κ3) is 2.65. The van der Waals surface area contributed by atoms with Crippen molar-refractivity contribution in [1.29, 1.82) is 0 Å². The lowest BCUT2D eigenvalue weighted by atomic mass is 9.87. The Labute approximate surface area is 147 Å². The molecule has 132 valence electrons. The lowest BCUT2D eigenvalue weighted by molar-refractivity contribution is -0.138. The summed E-state index contributed by atoms with van der Waals surface area (Å²) in [5.74, 6) is 1.74. The van der Waals surface area contributed by atoms with Gasteiger partial charge in [-0.05, 0) is 56.7 Å². The number of carbonyl (C=O) groups excluding carboxylic acids is 1. The number of nitrogens with one attached hydrogen (secondary N) is 1. The highest BCUT2D eigenvalue weighted by molar-refractivity contribution is 5.80. The highest BCUT2D eigenvalue weighted by Gasteiger charge is 2.46. The minimum absolute atomic E-state index is 0.0934. The molecule has 0 saturated carbocycles. The second-order valence-corrected chi connectivity index (χ2v) is 7.98. The molecule has 1 amide bonds. The Morgan fingerprint density at radius 2 is 2.24 bits per heavy atom. The molecule has 2 aromatic rings. The summed E-state index contributed by atoms with van der Waals surface area (Å²) in [6.07, 6.45) is 5.76. The Hall–Kier alpha value is -1.88. The van der Waals surface area contributed by atoms with Crippen molar-refractivity contribution in [2.75, 3.05) is 13.1 Å². The van der Waals surface area contributed by atoms with Gasteiger partial charge in [-0.1, -0.05) is 6.07 Å². The van der Waals surface area contributed by atoms with Gasteiger partial charge in [0, 0.05) is 19.0 Å². The van der Waals surface area contributed by atoms with Crippen LogP contribution in [0.4, 0.5) is 0 Å². The van der Waals surface area contributed by atoms with E-state index in [0.29, 0.717) is 17.9 Å². The second kappa shape index (κ2) is 5.84. The first-order valence-electron chi connectivity index (χ1n) is 9.58. The van der Waals surface area contributed by atoms with Crippen LogP contribution >= 0.6 is 0 Å². The van der Waals surface area contributed by atoms with Gasteiger partial charge in [0.05, 0.1) is 29.2 Å². The molecular formula is C20H25N3O2. The average molecular weight is 339 g/mol. The number of aromatic nitrogens is 2. The third-order valence-electron chi connectivity index (χ3n) is 6.20. The van der Waals surface area contributed by atoms with Crippen LogP contribution in [0.5, 0.6) is 0 Å². The predicted octanol–water partition coefficient (Wildman–Crippen LogP) is 3.14. The number of benzene rings is 1. The summed E-state index contributed by atoms with van der Waals surface area (Å²) >= 11 is 0. The van der Waals surface area contributed by atoms with Crippen LogP contribution in [0, 0.1) is 12.8 Å². The molecule has 3 aliphatic rings. The van der Waals surface area contributed by atoms with Gasteiger partial charge in [0.1, 0.15) is 5.82 Å². The van der Waals surface area contributed by atoms with Gasteiger partial charge in [0.25, 0.3) is 0 Å². The molecule has 2 bridgehead atoms. The quantitative estimate of drug-likeness (QED) is 0.914. The number of aryl methyl sites for hydroxylation is 1.